The topological polar surface area (TPSA) is 40.5 Å². The van der Waals surface area contributed by atoms with Crippen LogP contribution >= 0.6 is 0 Å². The molecular formula is C13H27BO2. The Labute approximate surface area is 101 Å². The van der Waals surface area contributed by atoms with Gasteiger partial charge in [-0.2, -0.15) is 0 Å². The van der Waals surface area contributed by atoms with Crippen molar-refractivity contribution in [1.29, 1.82) is 0 Å². The van der Waals surface area contributed by atoms with Crippen molar-refractivity contribution < 1.29 is 10.0 Å². The fourth-order valence-corrected chi connectivity index (χ4v) is 1.23. The van der Waals surface area contributed by atoms with Gasteiger partial charge in [-0.3, -0.25) is 0 Å². The van der Waals surface area contributed by atoms with Gasteiger partial charge in [-0.1, -0.05) is 60.4 Å². The Morgan fingerprint density at radius 2 is 1.50 bits per heavy atom. The summed E-state index contributed by atoms with van der Waals surface area (Å²) in [4.78, 5) is 0. The van der Waals surface area contributed by atoms with Crippen LogP contribution in [0.5, 0.6) is 0 Å². The molecule has 0 aliphatic rings. The largest absolute Gasteiger partial charge is 0.488 e. The summed E-state index contributed by atoms with van der Waals surface area (Å²) in [5, 5.41) is 17.7. The second-order valence-corrected chi connectivity index (χ2v) is 3.35. The second kappa shape index (κ2) is 9.43. The molecule has 1 aromatic rings. The minimum absolute atomic E-state index is 0. The summed E-state index contributed by atoms with van der Waals surface area (Å²) in [5.74, 6) is 0.532. The normalized spacial score (nSPS) is 10.2. The van der Waals surface area contributed by atoms with E-state index in [9.17, 15) is 0 Å². The molecule has 0 heterocycles. The van der Waals surface area contributed by atoms with Crippen molar-refractivity contribution in [3.8, 4) is 0 Å². The maximum Gasteiger partial charge on any atom is 0.488 e. The summed E-state index contributed by atoms with van der Waals surface area (Å²) in [7, 11) is -1.36. The van der Waals surface area contributed by atoms with Gasteiger partial charge < -0.3 is 10.0 Å². The predicted molar refractivity (Wildman–Crippen MR) is 75.2 cm³/mol. The summed E-state index contributed by atoms with van der Waals surface area (Å²) in [6.45, 7) is 4.30. The van der Waals surface area contributed by atoms with E-state index >= 15 is 0 Å². The molecule has 0 aliphatic heterocycles. The first kappa shape index (κ1) is 20.6. The van der Waals surface area contributed by atoms with Crippen molar-refractivity contribution in [1.82, 2.24) is 0 Å². The Bertz CT molecular complexity index is 257. The average Bonchev–Trinajstić information content (AvgIpc) is 2.17. The molecule has 3 heteroatoms. The van der Waals surface area contributed by atoms with E-state index in [1.54, 1.807) is 12.1 Å². The zero-order valence-corrected chi connectivity index (χ0v) is 8.07. The van der Waals surface area contributed by atoms with Gasteiger partial charge >= 0.3 is 7.12 Å². The molecule has 2 N–H and O–H groups in total. The molecule has 2 nitrogen and oxygen atoms in total. The Balaban J connectivity index is -0.000000563. The average molecular weight is 226 g/mol. The molecule has 0 spiro atoms. The third-order valence-electron chi connectivity index (χ3n) is 2.42. The molecule has 1 atom stereocenters. The Kier molecular flexibility index (Phi) is 12.1. The van der Waals surface area contributed by atoms with E-state index in [1.165, 1.54) is 5.56 Å². The molecule has 1 unspecified atom stereocenters. The molecule has 0 aromatic heterocycles. The SMILES string of the molecule is C.C.C.CCC(C)c1ccc(B(O)O)cc1. The van der Waals surface area contributed by atoms with E-state index < -0.39 is 7.12 Å². The molecule has 0 saturated heterocycles. The van der Waals surface area contributed by atoms with E-state index in [0.29, 0.717) is 11.4 Å². The molecule has 0 fully saturated rings. The lowest BCUT2D eigenvalue weighted by molar-refractivity contribution is 0.426. The van der Waals surface area contributed by atoms with Crippen LogP contribution in [0.4, 0.5) is 0 Å². The molecule has 16 heavy (non-hydrogen) atoms. The second-order valence-electron chi connectivity index (χ2n) is 3.35. The van der Waals surface area contributed by atoms with Crippen LogP contribution in [0.3, 0.4) is 0 Å². The number of rotatable bonds is 3. The minimum Gasteiger partial charge on any atom is -0.423 e. The Morgan fingerprint density at radius 3 is 1.81 bits per heavy atom. The van der Waals surface area contributed by atoms with Gasteiger partial charge in [0, 0.05) is 0 Å². The summed E-state index contributed by atoms with van der Waals surface area (Å²) < 4.78 is 0. The van der Waals surface area contributed by atoms with Crippen LogP contribution in [-0.4, -0.2) is 17.2 Å². The summed E-state index contributed by atoms with van der Waals surface area (Å²) in [6, 6.07) is 7.41. The van der Waals surface area contributed by atoms with Gasteiger partial charge in [0.2, 0.25) is 0 Å². The van der Waals surface area contributed by atoms with Gasteiger partial charge in [0.05, 0.1) is 0 Å². The van der Waals surface area contributed by atoms with Gasteiger partial charge in [-0.15, -0.1) is 0 Å². The predicted octanol–water partition coefficient (Wildman–Crippen LogP) is 2.79. The molecular weight excluding hydrogens is 199 g/mol. The first-order valence-corrected chi connectivity index (χ1v) is 4.61. The van der Waals surface area contributed by atoms with Crippen molar-refractivity contribution in [2.45, 2.75) is 48.5 Å². The van der Waals surface area contributed by atoms with Crippen molar-refractivity contribution >= 4 is 12.6 Å². The quantitative estimate of drug-likeness (QED) is 0.778. The number of benzene rings is 1. The third-order valence-corrected chi connectivity index (χ3v) is 2.42. The van der Waals surface area contributed by atoms with E-state index in [-0.39, 0.29) is 22.3 Å². The van der Waals surface area contributed by atoms with E-state index in [0.717, 1.165) is 6.42 Å². The number of hydrogen-bond donors (Lipinski definition) is 2. The maximum absolute atomic E-state index is 8.87. The van der Waals surface area contributed by atoms with Crippen molar-refractivity contribution in [2.24, 2.45) is 0 Å². The van der Waals surface area contributed by atoms with Crippen molar-refractivity contribution in [2.75, 3.05) is 0 Å². The van der Waals surface area contributed by atoms with Crippen molar-refractivity contribution in [3.05, 3.63) is 29.8 Å². The molecule has 1 rings (SSSR count). The van der Waals surface area contributed by atoms with Crippen LogP contribution in [0.2, 0.25) is 0 Å². The first-order chi connectivity index (χ1) is 6.15. The number of hydrogen-bond acceptors (Lipinski definition) is 2. The Morgan fingerprint density at radius 1 is 1.06 bits per heavy atom. The third kappa shape index (κ3) is 5.33. The zero-order chi connectivity index (χ0) is 9.84. The lowest BCUT2D eigenvalue weighted by Crippen LogP contribution is -2.29. The standard InChI is InChI=1S/C10H15BO2.3CH4/c1-3-8(2)9-4-6-10(7-5-9)11(12)13;;;/h4-8,12-13H,3H2,1-2H3;3*1H4. The van der Waals surface area contributed by atoms with Crippen LogP contribution in [0.1, 0.15) is 54.0 Å². The summed E-state index contributed by atoms with van der Waals surface area (Å²) in [6.07, 6.45) is 1.10. The highest BCUT2D eigenvalue weighted by molar-refractivity contribution is 6.58. The van der Waals surface area contributed by atoms with Gasteiger partial charge in [-0.05, 0) is 23.4 Å². The molecule has 0 bridgehead atoms. The molecule has 94 valence electrons. The lowest BCUT2D eigenvalue weighted by Gasteiger charge is -2.09. The van der Waals surface area contributed by atoms with Crippen molar-refractivity contribution in [3.63, 3.8) is 0 Å². The van der Waals surface area contributed by atoms with E-state index in [4.69, 9.17) is 10.0 Å². The van der Waals surface area contributed by atoms with Gasteiger partial charge in [0.15, 0.2) is 0 Å². The van der Waals surface area contributed by atoms with Crippen LogP contribution in [0, 0.1) is 0 Å². The maximum atomic E-state index is 8.87. The lowest BCUT2D eigenvalue weighted by atomic mass is 9.79. The van der Waals surface area contributed by atoms with Gasteiger partial charge in [0.25, 0.3) is 0 Å². The monoisotopic (exact) mass is 226 g/mol. The van der Waals surface area contributed by atoms with Crippen LogP contribution < -0.4 is 5.46 Å². The highest BCUT2D eigenvalue weighted by Gasteiger charge is 2.10. The van der Waals surface area contributed by atoms with Crippen LogP contribution in [0.15, 0.2) is 24.3 Å². The smallest absolute Gasteiger partial charge is 0.423 e. The van der Waals surface area contributed by atoms with Crippen LogP contribution in [0.25, 0.3) is 0 Å². The van der Waals surface area contributed by atoms with E-state index in [1.807, 2.05) is 12.1 Å². The fraction of sp³-hybridized carbons (Fsp3) is 0.538. The Hall–Kier alpha value is -0.795. The highest BCUT2D eigenvalue weighted by atomic mass is 16.4. The molecule has 0 radical (unpaired) electrons. The first-order valence-electron chi connectivity index (χ1n) is 4.61. The van der Waals surface area contributed by atoms with E-state index in [2.05, 4.69) is 13.8 Å². The van der Waals surface area contributed by atoms with Gasteiger partial charge in [-0.25, -0.2) is 0 Å². The molecule has 0 aliphatic carbocycles. The molecule has 0 amide bonds. The summed E-state index contributed by atoms with van der Waals surface area (Å²) >= 11 is 0. The van der Waals surface area contributed by atoms with Crippen LogP contribution in [-0.2, 0) is 0 Å². The fourth-order valence-electron chi connectivity index (χ4n) is 1.23. The molecule has 0 saturated carbocycles. The summed E-state index contributed by atoms with van der Waals surface area (Å²) in [5.41, 5.74) is 1.79. The highest BCUT2D eigenvalue weighted by Crippen LogP contribution is 2.16. The zero-order valence-electron chi connectivity index (χ0n) is 8.07. The minimum atomic E-state index is -1.36. The molecule has 1 aromatic carbocycles. The van der Waals surface area contributed by atoms with Gasteiger partial charge in [0.1, 0.15) is 0 Å².